The van der Waals surface area contributed by atoms with Gasteiger partial charge in [-0.05, 0) is 37.3 Å². The van der Waals surface area contributed by atoms with E-state index in [1.54, 1.807) is 6.07 Å². The van der Waals surface area contributed by atoms with Crippen molar-refractivity contribution < 1.29 is 18.0 Å². The molecule has 2 amide bonds. The molecule has 1 aromatic carbocycles. The fourth-order valence-electron chi connectivity index (χ4n) is 1.76. The molecule has 0 radical (unpaired) electrons. The molecule has 1 heterocycles. The van der Waals surface area contributed by atoms with E-state index in [2.05, 4.69) is 10.0 Å². The van der Waals surface area contributed by atoms with Crippen molar-refractivity contribution in [3.05, 3.63) is 46.8 Å². The number of hydrogen-bond donors (Lipinski definition) is 3. The quantitative estimate of drug-likeness (QED) is 0.720. The molecule has 122 valence electrons. The van der Waals surface area contributed by atoms with Gasteiger partial charge in [0.15, 0.2) is 0 Å². The summed E-state index contributed by atoms with van der Waals surface area (Å²) >= 11 is 1.15. The molecular formula is C14H15N3O4S2. The highest BCUT2D eigenvalue weighted by molar-refractivity contribution is 7.94. The van der Waals surface area contributed by atoms with Gasteiger partial charge < -0.3 is 11.1 Å². The second kappa shape index (κ2) is 6.80. The summed E-state index contributed by atoms with van der Waals surface area (Å²) < 4.78 is 27.1. The van der Waals surface area contributed by atoms with Gasteiger partial charge >= 0.3 is 0 Å². The van der Waals surface area contributed by atoms with Crippen LogP contribution in [0.3, 0.4) is 0 Å². The van der Waals surface area contributed by atoms with E-state index in [0.29, 0.717) is 0 Å². The van der Waals surface area contributed by atoms with Gasteiger partial charge in [0, 0.05) is 16.1 Å². The van der Waals surface area contributed by atoms with Gasteiger partial charge in [-0.2, -0.15) is 0 Å². The van der Waals surface area contributed by atoms with Crippen LogP contribution in [0, 0.1) is 6.92 Å². The monoisotopic (exact) mass is 353 g/mol. The fraction of sp³-hybridized carbons (Fsp3) is 0.143. The van der Waals surface area contributed by atoms with Gasteiger partial charge in [-0.25, -0.2) is 8.42 Å². The first-order valence-corrected chi connectivity index (χ1v) is 8.84. The Labute approximate surface area is 137 Å². The Hall–Kier alpha value is -2.39. The van der Waals surface area contributed by atoms with Crippen molar-refractivity contribution in [1.29, 1.82) is 0 Å². The van der Waals surface area contributed by atoms with Crippen LogP contribution in [0.5, 0.6) is 0 Å². The Morgan fingerprint density at radius 2 is 1.96 bits per heavy atom. The number of hydrogen-bond acceptors (Lipinski definition) is 5. The molecule has 2 rings (SSSR count). The molecule has 0 saturated heterocycles. The molecule has 0 saturated carbocycles. The standard InChI is InChI=1S/C14H15N3O4S2/c1-9-5-6-13(22-9)23(20,21)17-11-4-2-3-10(7-11)14(19)16-8-12(15)18/h2-7,17H,8H2,1H3,(H2,15,18)(H,16,19). The van der Waals surface area contributed by atoms with Crippen molar-refractivity contribution in [2.24, 2.45) is 5.73 Å². The maximum Gasteiger partial charge on any atom is 0.271 e. The lowest BCUT2D eigenvalue weighted by molar-refractivity contribution is -0.117. The SMILES string of the molecule is Cc1ccc(S(=O)(=O)Nc2cccc(C(=O)NCC(N)=O)c2)s1. The van der Waals surface area contributed by atoms with Crippen LogP contribution in [0.1, 0.15) is 15.2 Å². The summed E-state index contributed by atoms with van der Waals surface area (Å²) in [5.74, 6) is -1.18. The first-order chi connectivity index (χ1) is 10.8. The Morgan fingerprint density at radius 1 is 1.22 bits per heavy atom. The third kappa shape index (κ3) is 4.54. The number of primary amides is 1. The summed E-state index contributed by atoms with van der Waals surface area (Å²) in [6.07, 6.45) is 0. The molecule has 0 aliphatic heterocycles. The number of benzene rings is 1. The minimum atomic E-state index is -3.70. The van der Waals surface area contributed by atoms with E-state index in [1.807, 2.05) is 6.92 Å². The fourth-order valence-corrected chi connectivity index (χ4v) is 4.09. The van der Waals surface area contributed by atoms with Gasteiger partial charge in [-0.15, -0.1) is 11.3 Å². The predicted octanol–water partition coefficient (Wildman–Crippen LogP) is 1.07. The molecule has 0 aliphatic rings. The van der Waals surface area contributed by atoms with Gasteiger partial charge in [0.25, 0.3) is 15.9 Å². The second-order valence-electron chi connectivity index (χ2n) is 4.70. The number of nitrogens with two attached hydrogens (primary N) is 1. The molecule has 23 heavy (non-hydrogen) atoms. The summed E-state index contributed by atoms with van der Waals surface area (Å²) in [6, 6.07) is 9.19. The van der Waals surface area contributed by atoms with Gasteiger partial charge in [0.2, 0.25) is 5.91 Å². The van der Waals surface area contributed by atoms with E-state index in [1.165, 1.54) is 30.3 Å². The molecule has 0 atom stereocenters. The van der Waals surface area contributed by atoms with E-state index in [4.69, 9.17) is 5.73 Å². The number of rotatable bonds is 6. The van der Waals surface area contributed by atoms with Gasteiger partial charge in [0.05, 0.1) is 6.54 Å². The van der Waals surface area contributed by atoms with E-state index in [-0.39, 0.29) is 22.0 Å². The summed E-state index contributed by atoms with van der Waals surface area (Å²) in [6.45, 7) is 1.52. The lowest BCUT2D eigenvalue weighted by Gasteiger charge is -2.08. The third-order valence-corrected chi connectivity index (χ3v) is 5.65. The van der Waals surface area contributed by atoms with Crippen molar-refractivity contribution in [3.63, 3.8) is 0 Å². The molecule has 0 aliphatic carbocycles. The van der Waals surface area contributed by atoms with Gasteiger partial charge in [0.1, 0.15) is 4.21 Å². The number of thiophene rings is 1. The minimum Gasteiger partial charge on any atom is -0.368 e. The van der Waals surface area contributed by atoms with Crippen molar-refractivity contribution >= 4 is 38.9 Å². The molecule has 4 N–H and O–H groups in total. The zero-order valence-corrected chi connectivity index (χ0v) is 13.8. The summed E-state index contributed by atoms with van der Waals surface area (Å²) in [5.41, 5.74) is 5.42. The van der Waals surface area contributed by atoms with Crippen LogP contribution in [-0.4, -0.2) is 26.8 Å². The highest BCUT2D eigenvalue weighted by atomic mass is 32.2. The Balaban J connectivity index is 2.17. The van der Waals surface area contributed by atoms with E-state index in [0.717, 1.165) is 16.2 Å². The highest BCUT2D eigenvalue weighted by Crippen LogP contribution is 2.23. The van der Waals surface area contributed by atoms with E-state index < -0.39 is 21.8 Å². The average Bonchev–Trinajstić information content (AvgIpc) is 2.92. The van der Waals surface area contributed by atoms with Crippen LogP contribution in [0.25, 0.3) is 0 Å². The van der Waals surface area contributed by atoms with Crippen LogP contribution < -0.4 is 15.8 Å². The molecule has 2 aromatic rings. The van der Waals surface area contributed by atoms with Crippen LogP contribution in [0.4, 0.5) is 5.69 Å². The summed E-state index contributed by atoms with van der Waals surface area (Å²) in [7, 11) is -3.70. The van der Waals surface area contributed by atoms with Crippen LogP contribution in [0.2, 0.25) is 0 Å². The number of nitrogens with one attached hydrogen (secondary N) is 2. The van der Waals surface area contributed by atoms with Crippen molar-refractivity contribution in [2.75, 3.05) is 11.3 Å². The third-order valence-electron chi connectivity index (χ3n) is 2.78. The van der Waals surface area contributed by atoms with Gasteiger partial charge in [-0.1, -0.05) is 6.07 Å². The highest BCUT2D eigenvalue weighted by Gasteiger charge is 2.17. The molecule has 7 nitrogen and oxygen atoms in total. The molecular weight excluding hydrogens is 338 g/mol. The van der Waals surface area contributed by atoms with E-state index in [9.17, 15) is 18.0 Å². The molecule has 0 bridgehead atoms. The summed E-state index contributed by atoms with van der Waals surface area (Å²) in [4.78, 5) is 23.4. The zero-order valence-electron chi connectivity index (χ0n) is 12.2. The van der Waals surface area contributed by atoms with Crippen molar-refractivity contribution in [3.8, 4) is 0 Å². The van der Waals surface area contributed by atoms with Crippen LogP contribution in [-0.2, 0) is 14.8 Å². The Kier molecular flexibility index (Phi) is 5.02. The van der Waals surface area contributed by atoms with Crippen LogP contribution in [0.15, 0.2) is 40.6 Å². The largest absolute Gasteiger partial charge is 0.368 e. The zero-order chi connectivity index (χ0) is 17.0. The summed E-state index contributed by atoms with van der Waals surface area (Å²) in [5, 5.41) is 2.33. The normalized spacial score (nSPS) is 11.0. The Bertz CT molecular complexity index is 843. The molecule has 0 fully saturated rings. The number of sulfonamides is 1. The average molecular weight is 353 g/mol. The predicted molar refractivity (Wildman–Crippen MR) is 87.8 cm³/mol. The molecule has 0 unspecified atom stereocenters. The first-order valence-electron chi connectivity index (χ1n) is 6.54. The molecule has 9 heteroatoms. The topological polar surface area (TPSA) is 118 Å². The maximum absolute atomic E-state index is 12.2. The second-order valence-corrected chi connectivity index (χ2v) is 7.90. The number of aryl methyl sites for hydroxylation is 1. The maximum atomic E-state index is 12.2. The Morgan fingerprint density at radius 3 is 2.57 bits per heavy atom. The first kappa shape index (κ1) is 17.0. The van der Waals surface area contributed by atoms with Crippen LogP contribution >= 0.6 is 11.3 Å². The lowest BCUT2D eigenvalue weighted by atomic mass is 10.2. The number of amides is 2. The molecule has 0 spiro atoms. The minimum absolute atomic E-state index is 0.193. The van der Waals surface area contributed by atoms with Crippen molar-refractivity contribution in [1.82, 2.24) is 5.32 Å². The van der Waals surface area contributed by atoms with Crippen molar-refractivity contribution in [2.45, 2.75) is 11.1 Å². The van der Waals surface area contributed by atoms with E-state index >= 15 is 0 Å². The smallest absolute Gasteiger partial charge is 0.271 e. The molecule has 1 aromatic heterocycles. The number of carbonyl (C=O) groups is 2. The lowest BCUT2D eigenvalue weighted by Crippen LogP contribution is -2.33. The van der Waals surface area contributed by atoms with Gasteiger partial charge in [-0.3, -0.25) is 14.3 Å². The number of carbonyl (C=O) groups excluding carboxylic acids is 2. The number of anilines is 1.